The molecule has 0 saturated carbocycles. The quantitative estimate of drug-likeness (QED) is 0.0254. The smallest absolute Gasteiger partial charge is 0.328 e. The van der Waals surface area contributed by atoms with Gasteiger partial charge in [0.2, 0.25) is 0 Å². The van der Waals surface area contributed by atoms with Crippen LogP contribution in [0.15, 0.2) is 127 Å². The van der Waals surface area contributed by atoms with Crippen molar-refractivity contribution in [3.05, 3.63) is 188 Å². The number of halogens is 2. The molecule has 0 atom stereocenters. The number of pyridine rings is 2. The molecule has 0 fully saturated rings. The van der Waals surface area contributed by atoms with E-state index in [1.807, 2.05) is 37.3 Å². The van der Waals surface area contributed by atoms with Gasteiger partial charge in [-0.15, -0.1) is 0 Å². The number of aromatic nitrogens is 2. The van der Waals surface area contributed by atoms with E-state index in [-0.39, 0.29) is 26.4 Å². The maximum Gasteiger partial charge on any atom is 0.328 e. The number of ether oxygens (including phenoxy) is 4. The zero-order valence-electron chi connectivity index (χ0n) is 38.2. The number of carboxylic acid groups (broad SMARTS) is 2. The standard InChI is InChI=1S/C53H50Cl2N6O8/c1-34-40(32-68-50-20-48(66-30-38-16-36(22-56)24-60-26-38)42(18-46(50)54)28-58-14-6-12-52(62)63)8-4-10-44(34)45-11-5-9-41(35(45)2)33-69-51-21-49(67-31-39-17-37(23-57-3)25-61-27-39)43(19-47(51)55)29-59-15-7-13-53(64)65/h4-13,16-21,23-27,58-59H,14-15,28-33H2,1-3H3,(H,62,63)(H,64,65)/b12-6-,13-7-,57-23+. The fraction of sp³-hybridized carbons (Fsp3) is 0.208. The van der Waals surface area contributed by atoms with Crippen molar-refractivity contribution in [2.45, 2.75) is 53.4 Å². The predicted molar refractivity (Wildman–Crippen MR) is 265 cm³/mol. The molecule has 0 bridgehead atoms. The average molecular weight is 970 g/mol. The number of rotatable bonds is 24. The highest BCUT2D eigenvalue weighted by molar-refractivity contribution is 6.32. The van der Waals surface area contributed by atoms with Crippen LogP contribution < -0.4 is 29.6 Å². The lowest BCUT2D eigenvalue weighted by Gasteiger charge is -2.19. The Bertz CT molecular complexity index is 2920. The number of hydrogen-bond donors (Lipinski definition) is 4. The minimum atomic E-state index is -1.04. The third-order valence-corrected chi connectivity index (χ3v) is 11.3. The molecule has 0 aliphatic heterocycles. The Hall–Kier alpha value is -7.54. The molecule has 0 aliphatic rings. The van der Waals surface area contributed by atoms with Gasteiger partial charge in [0.05, 0.1) is 15.6 Å². The summed E-state index contributed by atoms with van der Waals surface area (Å²) in [6, 6.07) is 24.9. The molecule has 0 aliphatic carbocycles. The van der Waals surface area contributed by atoms with Crippen LogP contribution in [0, 0.1) is 25.2 Å². The van der Waals surface area contributed by atoms with E-state index in [0.717, 1.165) is 67.8 Å². The number of aliphatic carboxylic acids is 2. The van der Waals surface area contributed by atoms with E-state index < -0.39 is 11.9 Å². The summed E-state index contributed by atoms with van der Waals surface area (Å²) in [4.78, 5) is 34.4. The summed E-state index contributed by atoms with van der Waals surface area (Å²) in [5.41, 5.74) is 10.2. The summed E-state index contributed by atoms with van der Waals surface area (Å²) in [6.07, 6.45) is 13.4. The van der Waals surface area contributed by atoms with Crippen LogP contribution >= 0.6 is 23.2 Å². The van der Waals surface area contributed by atoms with Gasteiger partial charge in [-0.3, -0.25) is 15.0 Å². The van der Waals surface area contributed by atoms with Gasteiger partial charge in [0.1, 0.15) is 55.5 Å². The van der Waals surface area contributed by atoms with E-state index in [1.54, 1.807) is 62.2 Å². The summed E-state index contributed by atoms with van der Waals surface area (Å²) in [5, 5.41) is 34.4. The molecule has 6 rings (SSSR count). The molecule has 2 heterocycles. The molecule has 4 aromatic carbocycles. The Morgan fingerprint density at radius 3 is 1.61 bits per heavy atom. The molecule has 0 spiro atoms. The normalized spacial score (nSPS) is 11.3. The number of nitrogens with zero attached hydrogens (tertiary/aromatic N) is 4. The second-order valence-corrected chi connectivity index (χ2v) is 16.4. The number of aliphatic imine (C=N–C) groups is 1. The Kier molecular flexibility index (Phi) is 18.8. The first-order chi connectivity index (χ1) is 33.4. The minimum Gasteiger partial charge on any atom is -0.488 e. The fourth-order valence-electron chi connectivity index (χ4n) is 7.15. The van der Waals surface area contributed by atoms with Gasteiger partial charge in [0.25, 0.3) is 0 Å². The third kappa shape index (κ3) is 15.0. The molecule has 14 nitrogen and oxygen atoms in total. The van der Waals surface area contributed by atoms with Gasteiger partial charge < -0.3 is 39.8 Å². The van der Waals surface area contributed by atoms with Gasteiger partial charge in [-0.05, 0) is 71.5 Å². The van der Waals surface area contributed by atoms with E-state index >= 15 is 0 Å². The van der Waals surface area contributed by atoms with Crippen molar-refractivity contribution in [2.24, 2.45) is 4.99 Å². The van der Waals surface area contributed by atoms with Crippen molar-refractivity contribution in [3.63, 3.8) is 0 Å². The second kappa shape index (κ2) is 25.6. The number of carboxylic acids is 2. The van der Waals surface area contributed by atoms with E-state index in [9.17, 15) is 14.9 Å². The van der Waals surface area contributed by atoms with Crippen molar-refractivity contribution in [3.8, 4) is 40.2 Å². The van der Waals surface area contributed by atoms with Crippen molar-refractivity contribution >= 4 is 41.4 Å². The molecule has 0 unspecified atom stereocenters. The fourth-order valence-corrected chi connectivity index (χ4v) is 7.63. The van der Waals surface area contributed by atoms with Crippen LogP contribution in [0.3, 0.4) is 0 Å². The van der Waals surface area contributed by atoms with Crippen molar-refractivity contribution < 1.29 is 38.7 Å². The largest absolute Gasteiger partial charge is 0.488 e. The highest BCUT2D eigenvalue weighted by Gasteiger charge is 2.17. The highest BCUT2D eigenvalue weighted by Crippen LogP contribution is 2.37. The van der Waals surface area contributed by atoms with Gasteiger partial charge in [-0.2, -0.15) is 5.26 Å². The molecule has 0 radical (unpaired) electrons. The first-order valence-electron chi connectivity index (χ1n) is 21.7. The first-order valence-corrected chi connectivity index (χ1v) is 22.4. The molecule has 4 N–H and O–H groups in total. The summed E-state index contributed by atoms with van der Waals surface area (Å²) in [5.74, 6) is -0.187. The van der Waals surface area contributed by atoms with Crippen molar-refractivity contribution in [1.82, 2.24) is 20.6 Å². The Morgan fingerprint density at radius 1 is 0.652 bits per heavy atom. The van der Waals surface area contributed by atoms with Crippen molar-refractivity contribution in [1.29, 1.82) is 5.26 Å². The van der Waals surface area contributed by atoms with Crippen LogP contribution in [-0.4, -0.2) is 58.5 Å². The summed E-state index contributed by atoms with van der Waals surface area (Å²) in [7, 11) is 1.70. The number of nitrogens with one attached hydrogen (secondary N) is 2. The molecule has 354 valence electrons. The number of hydrogen-bond acceptors (Lipinski definition) is 12. The molecule has 0 saturated heterocycles. The lowest BCUT2D eigenvalue weighted by atomic mass is 9.92. The van der Waals surface area contributed by atoms with Crippen LogP contribution in [-0.2, 0) is 49.1 Å². The first kappa shape index (κ1) is 50.9. The lowest BCUT2D eigenvalue weighted by molar-refractivity contribution is -0.132. The predicted octanol–water partition coefficient (Wildman–Crippen LogP) is 9.76. The van der Waals surface area contributed by atoms with Gasteiger partial charge in [-0.1, -0.05) is 71.8 Å². The SMILES string of the molecule is C/N=C/c1cncc(COc2cc(OCc3cccc(-c4cccc(COc5cc(OCc6cncc(C#N)c6)c(CNC/C=C\C(=O)O)cc5Cl)c4C)c3C)c(Cl)cc2CNC/C=C\C(=O)O)c1. The Morgan fingerprint density at radius 2 is 1.13 bits per heavy atom. The molecule has 6 aromatic rings. The molecular weight excluding hydrogens is 920 g/mol. The van der Waals surface area contributed by atoms with Crippen LogP contribution in [0.25, 0.3) is 11.1 Å². The van der Waals surface area contributed by atoms with Crippen LogP contribution in [0.4, 0.5) is 0 Å². The van der Waals surface area contributed by atoms with Gasteiger partial charge in [0, 0.05) is 116 Å². The van der Waals surface area contributed by atoms with Crippen LogP contribution in [0.2, 0.25) is 10.0 Å². The monoisotopic (exact) mass is 968 g/mol. The summed E-state index contributed by atoms with van der Waals surface area (Å²) in [6.45, 7) is 6.19. The summed E-state index contributed by atoms with van der Waals surface area (Å²) < 4.78 is 25.3. The molecule has 2 aromatic heterocycles. The van der Waals surface area contributed by atoms with Crippen LogP contribution in [0.1, 0.15) is 55.6 Å². The molecular formula is C53H50Cl2N6O8. The molecule has 0 amide bonds. The zero-order valence-corrected chi connectivity index (χ0v) is 39.7. The number of nitriles is 1. The van der Waals surface area contributed by atoms with Crippen LogP contribution in [0.5, 0.6) is 23.0 Å². The summed E-state index contributed by atoms with van der Waals surface area (Å²) >= 11 is 13.6. The van der Waals surface area contributed by atoms with Crippen molar-refractivity contribution in [2.75, 3.05) is 20.1 Å². The maximum absolute atomic E-state index is 10.9. The van der Waals surface area contributed by atoms with Gasteiger partial charge in [0.15, 0.2) is 0 Å². The second-order valence-electron chi connectivity index (χ2n) is 15.6. The van der Waals surface area contributed by atoms with E-state index in [4.69, 9.17) is 52.4 Å². The molecule has 69 heavy (non-hydrogen) atoms. The third-order valence-electron chi connectivity index (χ3n) is 10.7. The van der Waals surface area contributed by atoms with E-state index in [0.29, 0.717) is 70.3 Å². The highest BCUT2D eigenvalue weighted by atomic mass is 35.5. The van der Waals surface area contributed by atoms with E-state index in [1.165, 1.54) is 18.3 Å². The Balaban J connectivity index is 1.18. The Labute approximate surface area is 410 Å². The van der Waals surface area contributed by atoms with Gasteiger partial charge >= 0.3 is 11.9 Å². The maximum atomic E-state index is 10.9. The van der Waals surface area contributed by atoms with Gasteiger partial charge in [-0.25, -0.2) is 9.59 Å². The topological polar surface area (TPSA) is 198 Å². The molecule has 16 heteroatoms. The average Bonchev–Trinajstić information content (AvgIpc) is 3.33. The lowest BCUT2D eigenvalue weighted by Crippen LogP contribution is -2.14. The number of benzene rings is 4. The minimum absolute atomic E-state index is 0.132. The zero-order chi connectivity index (χ0) is 49.1. The van der Waals surface area contributed by atoms with E-state index in [2.05, 4.69) is 50.7 Å². The number of carbonyl (C=O) groups is 2.